The molecule has 1 rings (SSSR count). The van der Waals surface area contributed by atoms with Gasteiger partial charge in [0, 0.05) is 13.1 Å². The summed E-state index contributed by atoms with van der Waals surface area (Å²) >= 11 is 0. The van der Waals surface area contributed by atoms with Crippen molar-refractivity contribution in [3.05, 3.63) is 12.3 Å². The molecule has 0 heterocycles. The van der Waals surface area contributed by atoms with Gasteiger partial charge in [-0.3, -0.25) is 0 Å². The van der Waals surface area contributed by atoms with Crippen molar-refractivity contribution in [3.63, 3.8) is 0 Å². The summed E-state index contributed by atoms with van der Waals surface area (Å²) < 4.78 is 4.92. The highest BCUT2D eigenvalue weighted by atomic mass is 16.6. The maximum atomic E-state index is 11.5. The van der Waals surface area contributed by atoms with Gasteiger partial charge in [-0.1, -0.05) is 6.58 Å². The Morgan fingerprint density at radius 2 is 1.93 bits per heavy atom. The van der Waals surface area contributed by atoms with Crippen LogP contribution in [0.2, 0.25) is 0 Å². The fourth-order valence-electron chi connectivity index (χ4n) is 1.82. The molecule has 0 unspecified atom stereocenters. The van der Waals surface area contributed by atoms with E-state index in [4.69, 9.17) is 4.74 Å². The molecule has 1 N–H and O–H groups in total. The lowest BCUT2D eigenvalue weighted by molar-refractivity contribution is 0.0736. The average Bonchev–Trinajstić information content (AvgIpc) is 2.17. The van der Waals surface area contributed by atoms with Gasteiger partial charge in [0.2, 0.25) is 0 Å². The average molecular weight is 213 g/mol. The van der Waals surface area contributed by atoms with Crippen molar-refractivity contribution >= 4 is 6.09 Å². The molecule has 1 aliphatic carbocycles. The summed E-state index contributed by atoms with van der Waals surface area (Å²) in [4.78, 5) is 13.1. The minimum Gasteiger partial charge on any atom is -0.416 e. The van der Waals surface area contributed by atoms with Crippen LogP contribution in [0.4, 0.5) is 4.79 Å². The van der Waals surface area contributed by atoms with Crippen molar-refractivity contribution in [1.29, 1.82) is 0 Å². The molecule has 0 aromatic rings. The van der Waals surface area contributed by atoms with Gasteiger partial charge in [0.05, 0.1) is 11.9 Å². The minimum atomic E-state index is -0.358. The highest BCUT2D eigenvalue weighted by Gasteiger charge is 2.26. The van der Waals surface area contributed by atoms with Crippen LogP contribution in [0.5, 0.6) is 0 Å². The van der Waals surface area contributed by atoms with Gasteiger partial charge in [0.15, 0.2) is 0 Å². The summed E-state index contributed by atoms with van der Waals surface area (Å²) in [5.74, 6) is 0.405. The van der Waals surface area contributed by atoms with Gasteiger partial charge in [-0.25, -0.2) is 4.79 Å². The molecule has 0 aromatic heterocycles. The van der Waals surface area contributed by atoms with Gasteiger partial charge in [-0.2, -0.15) is 0 Å². The molecule has 0 spiro atoms. The van der Waals surface area contributed by atoms with Crippen molar-refractivity contribution in [3.8, 4) is 0 Å². The molecule has 0 aliphatic heterocycles. The number of amides is 1. The third kappa shape index (κ3) is 3.55. The molecule has 1 fully saturated rings. The van der Waals surface area contributed by atoms with Crippen LogP contribution < -0.4 is 0 Å². The lowest BCUT2D eigenvalue weighted by Crippen LogP contribution is -2.40. The van der Waals surface area contributed by atoms with Crippen molar-refractivity contribution in [1.82, 2.24) is 4.90 Å². The van der Waals surface area contributed by atoms with E-state index in [2.05, 4.69) is 6.58 Å². The van der Waals surface area contributed by atoms with Gasteiger partial charge < -0.3 is 14.7 Å². The predicted octanol–water partition coefficient (Wildman–Crippen LogP) is 1.89. The molecule has 0 atom stereocenters. The summed E-state index contributed by atoms with van der Waals surface area (Å²) in [6.45, 7) is 5.17. The largest absolute Gasteiger partial charge is 0.416 e. The zero-order chi connectivity index (χ0) is 11.4. The number of hydrogen-bond donors (Lipinski definition) is 1. The molecule has 1 saturated carbocycles. The molecule has 0 aromatic carbocycles. The fourth-order valence-corrected chi connectivity index (χ4v) is 1.82. The van der Waals surface area contributed by atoms with Gasteiger partial charge in [-0.15, -0.1) is 0 Å². The maximum absolute atomic E-state index is 11.5. The SMILES string of the molecule is C=C(C)OC(=O)N(C)C1CCC(O)CC1. The lowest BCUT2D eigenvalue weighted by atomic mass is 9.92. The van der Waals surface area contributed by atoms with Gasteiger partial charge in [0.25, 0.3) is 0 Å². The number of nitrogens with zero attached hydrogens (tertiary/aromatic N) is 1. The molecule has 86 valence electrons. The Hall–Kier alpha value is -1.03. The zero-order valence-electron chi connectivity index (χ0n) is 9.40. The molecule has 1 amide bonds. The standard InChI is InChI=1S/C11H19NO3/c1-8(2)15-11(14)12(3)9-4-6-10(13)7-5-9/h9-10,13H,1,4-7H2,2-3H3. The van der Waals surface area contributed by atoms with E-state index in [1.54, 1.807) is 18.9 Å². The quantitative estimate of drug-likeness (QED) is 0.713. The van der Waals surface area contributed by atoms with E-state index in [1.165, 1.54) is 0 Å². The van der Waals surface area contributed by atoms with Crippen LogP contribution in [0.15, 0.2) is 12.3 Å². The number of carbonyl (C=O) groups is 1. The molecular formula is C11H19NO3. The number of ether oxygens (including phenoxy) is 1. The molecule has 0 saturated heterocycles. The topological polar surface area (TPSA) is 49.8 Å². The van der Waals surface area contributed by atoms with E-state index < -0.39 is 0 Å². The van der Waals surface area contributed by atoms with E-state index >= 15 is 0 Å². The normalized spacial score (nSPS) is 25.8. The van der Waals surface area contributed by atoms with Gasteiger partial charge >= 0.3 is 6.09 Å². The predicted molar refractivity (Wildman–Crippen MR) is 57.3 cm³/mol. The molecule has 1 aliphatic rings. The van der Waals surface area contributed by atoms with Crippen molar-refractivity contribution in [2.45, 2.75) is 44.8 Å². The molecule has 0 radical (unpaired) electrons. The van der Waals surface area contributed by atoms with E-state index in [1.807, 2.05) is 0 Å². The monoisotopic (exact) mass is 213 g/mol. The van der Waals surface area contributed by atoms with E-state index in [0.29, 0.717) is 5.76 Å². The van der Waals surface area contributed by atoms with Crippen LogP contribution in [-0.4, -0.2) is 35.3 Å². The molecular weight excluding hydrogens is 194 g/mol. The summed E-state index contributed by atoms with van der Waals surface area (Å²) in [6.07, 6.45) is 2.63. The number of rotatable bonds is 2. The third-order valence-electron chi connectivity index (χ3n) is 2.76. The van der Waals surface area contributed by atoms with Crippen LogP contribution in [-0.2, 0) is 4.74 Å². The summed E-state index contributed by atoms with van der Waals surface area (Å²) in [5, 5.41) is 9.34. The van der Waals surface area contributed by atoms with Crippen LogP contribution in [0.25, 0.3) is 0 Å². The Labute approximate surface area is 90.5 Å². The molecule has 15 heavy (non-hydrogen) atoms. The van der Waals surface area contributed by atoms with Crippen LogP contribution in [0.3, 0.4) is 0 Å². The third-order valence-corrected chi connectivity index (χ3v) is 2.76. The van der Waals surface area contributed by atoms with Crippen LogP contribution in [0.1, 0.15) is 32.6 Å². The second-order valence-corrected chi connectivity index (χ2v) is 4.14. The van der Waals surface area contributed by atoms with Crippen molar-refractivity contribution in [2.24, 2.45) is 0 Å². The summed E-state index contributed by atoms with van der Waals surface area (Å²) in [5.41, 5.74) is 0. The second-order valence-electron chi connectivity index (χ2n) is 4.14. The fraction of sp³-hybridized carbons (Fsp3) is 0.727. The number of carbonyl (C=O) groups excluding carboxylic acids is 1. The lowest BCUT2D eigenvalue weighted by Gasteiger charge is -2.32. The first-order chi connectivity index (χ1) is 7.00. The maximum Gasteiger partial charge on any atom is 0.414 e. The first kappa shape index (κ1) is 12.0. The number of allylic oxidation sites excluding steroid dienone is 1. The smallest absolute Gasteiger partial charge is 0.414 e. The van der Waals surface area contributed by atoms with Crippen LogP contribution >= 0.6 is 0 Å². The van der Waals surface area contributed by atoms with E-state index in [9.17, 15) is 9.90 Å². The van der Waals surface area contributed by atoms with E-state index in [0.717, 1.165) is 25.7 Å². The van der Waals surface area contributed by atoms with Gasteiger partial charge in [0.1, 0.15) is 0 Å². The molecule has 4 nitrogen and oxygen atoms in total. The Balaban J connectivity index is 2.42. The Kier molecular flexibility index (Phi) is 4.15. The summed E-state index contributed by atoms with van der Waals surface area (Å²) in [7, 11) is 1.73. The zero-order valence-corrected chi connectivity index (χ0v) is 9.40. The van der Waals surface area contributed by atoms with Gasteiger partial charge in [-0.05, 0) is 32.6 Å². The number of hydrogen-bond acceptors (Lipinski definition) is 3. The summed E-state index contributed by atoms with van der Waals surface area (Å²) in [6, 6.07) is 0.181. The molecule has 0 bridgehead atoms. The number of aliphatic hydroxyl groups excluding tert-OH is 1. The van der Waals surface area contributed by atoms with E-state index in [-0.39, 0.29) is 18.2 Å². The van der Waals surface area contributed by atoms with Crippen LogP contribution in [0, 0.1) is 0 Å². The minimum absolute atomic E-state index is 0.181. The van der Waals surface area contributed by atoms with Crippen molar-refractivity contribution < 1.29 is 14.6 Å². The highest BCUT2D eigenvalue weighted by Crippen LogP contribution is 2.22. The Bertz CT molecular complexity index is 244. The first-order valence-electron chi connectivity index (χ1n) is 5.29. The highest BCUT2D eigenvalue weighted by molar-refractivity contribution is 5.68. The molecule has 4 heteroatoms. The first-order valence-corrected chi connectivity index (χ1v) is 5.29. The Morgan fingerprint density at radius 3 is 2.40 bits per heavy atom. The van der Waals surface area contributed by atoms with Crippen molar-refractivity contribution in [2.75, 3.05) is 7.05 Å². The Morgan fingerprint density at radius 1 is 1.40 bits per heavy atom. The number of aliphatic hydroxyl groups is 1. The second kappa shape index (κ2) is 5.16.